The molecule has 10 heteroatoms. The summed E-state index contributed by atoms with van der Waals surface area (Å²) in [6.45, 7) is 0. The number of hydrogen-bond acceptors (Lipinski definition) is 5. The molecule has 1 aliphatic carbocycles. The van der Waals surface area contributed by atoms with Crippen LogP contribution >= 0.6 is 35.1 Å². The highest BCUT2D eigenvalue weighted by molar-refractivity contribution is 8.00. The molecule has 2 aliphatic rings. The van der Waals surface area contributed by atoms with Gasteiger partial charge in [0.2, 0.25) is 5.91 Å². The lowest BCUT2D eigenvalue weighted by Crippen LogP contribution is -2.49. The summed E-state index contributed by atoms with van der Waals surface area (Å²) in [6.07, 6.45) is 8.12. The fourth-order valence-corrected chi connectivity index (χ4v) is 6.40. The van der Waals surface area contributed by atoms with E-state index in [0.717, 1.165) is 15.5 Å². The van der Waals surface area contributed by atoms with Crippen LogP contribution in [0.15, 0.2) is 101 Å². The lowest BCUT2D eigenvalue weighted by atomic mass is 10.1. The minimum atomic E-state index is -1.17. The van der Waals surface area contributed by atoms with E-state index in [1.165, 1.54) is 23.9 Å². The lowest BCUT2D eigenvalue weighted by Gasteiger charge is -2.40. The van der Waals surface area contributed by atoms with Crippen molar-refractivity contribution in [2.24, 2.45) is 0 Å². The maximum Gasteiger partial charge on any atom is 0.337 e. The van der Waals surface area contributed by atoms with Gasteiger partial charge in [-0.05, 0) is 48.5 Å². The molecule has 3 aromatic carbocycles. The number of carboxylic acid groups (broad SMARTS) is 1. The number of halogens is 1. The molecule has 0 spiro atoms. The van der Waals surface area contributed by atoms with Crippen LogP contribution in [0.3, 0.4) is 0 Å². The van der Waals surface area contributed by atoms with Gasteiger partial charge >= 0.3 is 12.0 Å². The van der Waals surface area contributed by atoms with Gasteiger partial charge in [0.1, 0.15) is 0 Å². The average molecular weight is 564 g/mol. The van der Waals surface area contributed by atoms with Gasteiger partial charge in [-0.25, -0.2) is 9.59 Å². The van der Waals surface area contributed by atoms with Crippen molar-refractivity contribution in [2.45, 2.75) is 21.1 Å². The number of carbonyl (C=O) groups excluding carboxylic acids is 2. The fraction of sp³-hybridized carbons (Fsp3) is 0.107. The third-order valence-electron chi connectivity index (χ3n) is 5.90. The largest absolute Gasteiger partial charge is 0.478 e. The Hall–Kier alpha value is -3.66. The molecule has 2 atom stereocenters. The van der Waals surface area contributed by atoms with Gasteiger partial charge in [-0.2, -0.15) is 0 Å². The summed E-state index contributed by atoms with van der Waals surface area (Å²) in [6, 6.07) is 19.1. The molecule has 3 N–H and O–H groups in total. The highest BCUT2D eigenvalue weighted by Gasteiger charge is 2.36. The van der Waals surface area contributed by atoms with Crippen LogP contribution in [-0.4, -0.2) is 40.1 Å². The predicted molar refractivity (Wildman–Crippen MR) is 154 cm³/mol. The maximum absolute atomic E-state index is 13.5. The molecule has 3 amide bonds. The summed E-state index contributed by atoms with van der Waals surface area (Å²) in [5, 5.41) is 15.1. The molecule has 5 rings (SSSR count). The van der Waals surface area contributed by atoms with Crippen molar-refractivity contribution in [3.05, 3.63) is 102 Å². The number of hydrogen-bond donors (Lipinski definition) is 3. The molecule has 3 aromatic rings. The van der Waals surface area contributed by atoms with E-state index >= 15 is 0 Å². The number of urea groups is 1. The Morgan fingerprint density at radius 2 is 1.74 bits per heavy atom. The number of benzene rings is 3. The molecule has 0 radical (unpaired) electrons. The van der Waals surface area contributed by atoms with E-state index in [2.05, 4.69) is 16.7 Å². The highest BCUT2D eigenvalue weighted by atomic mass is 35.5. The third kappa shape index (κ3) is 5.75. The zero-order valence-electron chi connectivity index (χ0n) is 19.8. The molecular formula is C28H22ClN3O4S2. The van der Waals surface area contributed by atoms with E-state index in [1.807, 2.05) is 66.8 Å². The Kier molecular flexibility index (Phi) is 7.78. The number of nitrogens with one attached hydrogen (secondary N) is 2. The van der Waals surface area contributed by atoms with Gasteiger partial charge in [-0.3, -0.25) is 9.69 Å². The Morgan fingerprint density at radius 1 is 0.947 bits per heavy atom. The standard InChI is InChI=1S/C28H22ClN3O4S2/c29-21-13-12-18(15-20(21)27(34)35)30-26(33)16-37-19-7-5-6-17(14-19)31-28(36)32-22-8-1-3-10-24(22)38-25-11-4-2-9-23(25)32/h1-15,22,24H,16H2,(H,30,33)(H,31,36)(H,34,35). The molecule has 0 fully saturated rings. The average Bonchev–Trinajstić information content (AvgIpc) is 2.91. The minimum Gasteiger partial charge on any atom is -0.478 e. The van der Waals surface area contributed by atoms with Gasteiger partial charge < -0.3 is 15.7 Å². The Labute approximate surface area is 232 Å². The van der Waals surface area contributed by atoms with Crippen molar-refractivity contribution in [3.63, 3.8) is 0 Å². The van der Waals surface area contributed by atoms with Crippen molar-refractivity contribution in [1.82, 2.24) is 0 Å². The monoisotopic (exact) mass is 563 g/mol. The molecule has 1 heterocycles. The number of nitrogens with zero attached hydrogens (tertiary/aromatic N) is 1. The van der Waals surface area contributed by atoms with Gasteiger partial charge in [0.15, 0.2) is 0 Å². The quantitative estimate of drug-likeness (QED) is 0.286. The van der Waals surface area contributed by atoms with Gasteiger partial charge in [0.25, 0.3) is 0 Å². The number of carboxylic acids is 1. The van der Waals surface area contributed by atoms with E-state index in [1.54, 1.807) is 22.7 Å². The number of carbonyl (C=O) groups is 3. The van der Waals surface area contributed by atoms with Crippen molar-refractivity contribution in [1.29, 1.82) is 0 Å². The first-order valence-corrected chi connectivity index (χ1v) is 13.9. The molecule has 7 nitrogen and oxygen atoms in total. The van der Waals surface area contributed by atoms with E-state index in [-0.39, 0.29) is 39.6 Å². The second kappa shape index (κ2) is 11.4. The molecule has 0 bridgehead atoms. The topological polar surface area (TPSA) is 98.7 Å². The van der Waals surface area contributed by atoms with E-state index < -0.39 is 5.97 Å². The number of rotatable bonds is 6. The zero-order chi connectivity index (χ0) is 26.6. The second-order valence-electron chi connectivity index (χ2n) is 8.48. The number of allylic oxidation sites excluding steroid dienone is 2. The molecular weight excluding hydrogens is 542 g/mol. The number of aromatic carboxylic acids is 1. The molecule has 2 unspecified atom stereocenters. The van der Waals surface area contributed by atoms with Crippen molar-refractivity contribution < 1.29 is 19.5 Å². The normalized spacial score (nSPS) is 17.3. The van der Waals surface area contributed by atoms with Crippen LogP contribution in [0.25, 0.3) is 0 Å². The second-order valence-corrected chi connectivity index (χ2v) is 11.2. The number of thioether (sulfide) groups is 2. The van der Waals surface area contributed by atoms with Crippen molar-refractivity contribution in [2.75, 3.05) is 21.3 Å². The first kappa shape index (κ1) is 26.0. The SMILES string of the molecule is O=C(CSc1cccc(NC(=O)N2c3ccccc3SC3C=CC=CC32)c1)Nc1ccc(Cl)c(C(=O)O)c1. The third-order valence-corrected chi connectivity index (χ3v) is 8.53. The highest BCUT2D eigenvalue weighted by Crippen LogP contribution is 2.43. The van der Waals surface area contributed by atoms with Crippen molar-refractivity contribution in [3.8, 4) is 0 Å². The molecule has 0 aromatic heterocycles. The summed E-state index contributed by atoms with van der Waals surface area (Å²) in [5.41, 5.74) is 1.75. The van der Waals surface area contributed by atoms with Crippen molar-refractivity contribution >= 4 is 70.1 Å². The Bertz CT molecular complexity index is 1480. The smallest absolute Gasteiger partial charge is 0.337 e. The van der Waals surface area contributed by atoms with Gasteiger partial charge in [-0.1, -0.05) is 54.1 Å². The molecule has 192 valence electrons. The van der Waals surface area contributed by atoms with Crippen LogP contribution in [-0.2, 0) is 4.79 Å². The molecule has 38 heavy (non-hydrogen) atoms. The van der Waals surface area contributed by atoms with Crippen LogP contribution in [0.2, 0.25) is 5.02 Å². The lowest BCUT2D eigenvalue weighted by molar-refractivity contribution is -0.113. The summed E-state index contributed by atoms with van der Waals surface area (Å²) in [5.74, 6) is -1.37. The van der Waals surface area contributed by atoms with Gasteiger partial charge in [0, 0.05) is 21.2 Å². The van der Waals surface area contributed by atoms with Crippen LogP contribution in [0.4, 0.5) is 21.9 Å². The molecule has 0 saturated heterocycles. The number of anilines is 3. The zero-order valence-corrected chi connectivity index (χ0v) is 22.2. The Balaban J connectivity index is 1.24. The van der Waals surface area contributed by atoms with E-state index in [0.29, 0.717) is 11.4 Å². The van der Waals surface area contributed by atoms with Crippen LogP contribution < -0.4 is 15.5 Å². The van der Waals surface area contributed by atoms with Crippen LogP contribution in [0.1, 0.15) is 10.4 Å². The summed E-state index contributed by atoms with van der Waals surface area (Å²) < 4.78 is 0. The molecule has 0 saturated carbocycles. The fourth-order valence-electron chi connectivity index (χ4n) is 4.19. The summed E-state index contributed by atoms with van der Waals surface area (Å²) >= 11 is 8.94. The maximum atomic E-state index is 13.5. The van der Waals surface area contributed by atoms with E-state index in [4.69, 9.17) is 11.6 Å². The van der Waals surface area contributed by atoms with Gasteiger partial charge in [-0.15, -0.1) is 23.5 Å². The first-order valence-electron chi connectivity index (χ1n) is 11.7. The molecule has 1 aliphatic heterocycles. The van der Waals surface area contributed by atoms with E-state index in [9.17, 15) is 19.5 Å². The predicted octanol–water partition coefficient (Wildman–Crippen LogP) is 6.78. The van der Waals surface area contributed by atoms with Crippen LogP contribution in [0.5, 0.6) is 0 Å². The summed E-state index contributed by atoms with van der Waals surface area (Å²) in [7, 11) is 0. The first-order chi connectivity index (χ1) is 18.4. The van der Waals surface area contributed by atoms with Crippen LogP contribution in [0, 0.1) is 0 Å². The van der Waals surface area contributed by atoms with Gasteiger partial charge in [0.05, 0.1) is 33.3 Å². The summed E-state index contributed by atoms with van der Waals surface area (Å²) in [4.78, 5) is 40.9. The Morgan fingerprint density at radius 3 is 2.58 bits per heavy atom. The number of fused-ring (bicyclic) bond motifs is 2. The number of para-hydroxylation sites is 1. The minimum absolute atomic E-state index is 0.0819. The number of amides is 3.